The second-order valence-electron chi connectivity index (χ2n) is 9.18. The molecule has 0 fully saturated rings. The number of rotatable bonds is 18. The van der Waals surface area contributed by atoms with Gasteiger partial charge in [0, 0.05) is 12.1 Å². The molecule has 0 radical (unpaired) electrons. The Morgan fingerprint density at radius 2 is 1.20 bits per heavy atom. The highest BCUT2D eigenvalue weighted by molar-refractivity contribution is 7.54. The molecule has 3 atom stereocenters. The van der Waals surface area contributed by atoms with E-state index >= 15 is 0 Å². The molecule has 5 nitrogen and oxygen atoms in total. The van der Waals surface area contributed by atoms with Gasteiger partial charge in [-0.2, -0.15) is 0 Å². The molecule has 30 heavy (non-hydrogen) atoms. The zero-order chi connectivity index (χ0) is 23.2. The van der Waals surface area contributed by atoms with Crippen LogP contribution in [-0.2, 0) is 18.4 Å². The first-order chi connectivity index (χ1) is 14.1. The van der Waals surface area contributed by atoms with Gasteiger partial charge in [0.1, 0.15) is 6.16 Å². The minimum absolute atomic E-state index is 0.0480. The van der Waals surface area contributed by atoms with Gasteiger partial charge in [-0.25, -0.2) is 0 Å². The molecule has 1 unspecified atom stereocenters. The van der Waals surface area contributed by atoms with Crippen molar-refractivity contribution in [2.24, 2.45) is 11.8 Å². The van der Waals surface area contributed by atoms with Gasteiger partial charge in [0.25, 0.3) is 0 Å². The smallest absolute Gasteiger partial charge is 0.337 e. The first kappa shape index (κ1) is 29.6. The van der Waals surface area contributed by atoms with Gasteiger partial charge >= 0.3 is 7.60 Å². The number of carbonyl (C=O) groups excluding carboxylic acids is 1. The maximum Gasteiger partial charge on any atom is 0.340 e. The Balaban J connectivity index is 5.30. The van der Waals surface area contributed by atoms with E-state index in [1.807, 2.05) is 27.7 Å². The number of hydrogen-bond acceptors (Lipinski definition) is 4. The molecule has 0 aliphatic rings. The third kappa shape index (κ3) is 11.9. The van der Waals surface area contributed by atoms with Gasteiger partial charge < -0.3 is 13.9 Å². The summed E-state index contributed by atoms with van der Waals surface area (Å²) in [5.41, 5.74) is 0. The van der Waals surface area contributed by atoms with Crippen LogP contribution < -0.4 is 0 Å². The summed E-state index contributed by atoms with van der Waals surface area (Å²) in [6, 6.07) is 0.0960. The molecule has 0 rings (SSSR count). The van der Waals surface area contributed by atoms with E-state index in [4.69, 9.17) is 9.05 Å². The van der Waals surface area contributed by atoms with Crippen LogP contribution in [0.2, 0.25) is 0 Å². The molecule has 0 aliphatic carbocycles. The lowest BCUT2D eigenvalue weighted by atomic mass is 10.0. The van der Waals surface area contributed by atoms with Crippen LogP contribution >= 0.6 is 7.60 Å². The van der Waals surface area contributed by atoms with Gasteiger partial charge in [-0.1, -0.05) is 66.2 Å². The van der Waals surface area contributed by atoms with Gasteiger partial charge in [0.05, 0.1) is 13.2 Å². The van der Waals surface area contributed by atoms with Crippen molar-refractivity contribution in [3.05, 3.63) is 0 Å². The molecule has 0 aromatic carbocycles. The molecule has 0 aliphatic heterocycles. The van der Waals surface area contributed by atoms with Crippen LogP contribution in [-0.4, -0.2) is 42.3 Å². The van der Waals surface area contributed by atoms with E-state index in [1.54, 1.807) is 4.90 Å². The largest absolute Gasteiger partial charge is 0.340 e. The Morgan fingerprint density at radius 3 is 1.50 bits per heavy atom. The standard InChI is InChI=1S/C24H50NO4P/c1-9-13-15-22(11-3)17-28-30(27,29-18-23(12-4)16-14-10-2)19-24(26)25(20(5)6)21(7)8/h20-23H,9-19H2,1-8H3/t22-,23+,30?. The summed E-state index contributed by atoms with van der Waals surface area (Å²) in [4.78, 5) is 14.8. The molecule has 0 heterocycles. The van der Waals surface area contributed by atoms with Crippen molar-refractivity contribution in [2.45, 2.75) is 119 Å². The fraction of sp³-hybridized carbons (Fsp3) is 0.958. The van der Waals surface area contributed by atoms with Gasteiger partial charge in [-0.3, -0.25) is 9.36 Å². The normalized spacial score (nSPS) is 15.9. The second-order valence-corrected chi connectivity index (χ2v) is 11.2. The number of unbranched alkanes of at least 4 members (excludes halogenated alkanes) is 2. The number of amides is 1. The summed E-state index contributed by atoms with van der Waals surface area (Å²) < 4.78 is 25.6. The van der Waals surface area contributed by atoms with Gasteiger partial charge in [0.2, 0.25) is 5.91 Å². The maximum absolute atomic E-state index is 13.7. The minimum Gasteiger partial charge on any atom is -0.337 e. The van der Waals surface area contributed by atoms with Crippen molar-refractivity contribution in [3.63, 3.8) is 0 Å². The van der Waals surface area contributed by atoms with Crippen LogP contribution in [0.1, 0.15) is 107 Å². The van der Waals surface area contributed by atoms with E-state index in [1.165, 1.54) is 0 Å². The molecule has 0 aromatic heterocycles. The van der Waals surface area contributed by atoms with E-state index in [0.717, 1.165) is 51.4 Å². The highest BCUT2D eigenvalue weighted by atomic mass is 31.2. The molecule has 0 bridgehead atoms. The highest BCUT2D eigenvalue weighted by Crippen LogP contribution is 2.49. The SMILES string of the molecule is CCCC[C@@H](CC)COP(=O)(CC(=O)N(C(C)C)C(C)C)OC[C@@H](CC)CCCC. The lowest BCUT2D eigenvalue weighted by Crippen LogP contribution is -2.43. The summed E-state index contributed by atoms with van der Waals surface area (Å²) in [7, 11) is -3.50. The van der Waals surface area contributed by atoms with Crippen LogP contribution in [0.4, 0.5) is 0 Å². The molecule has 180 valence electrons. The molecule has 0 aromatic rings. The van der Waals surface area contributed by atoms with Crippen LogP contribution in [0.15, 0.2) is 0 Å². The molecule has 0 saturated heterocycles. The lowest BCUT2D eigenvalue weighted by molar-refractivity contribution is -0.132. The molecule has 0 spiro atoms. The van der Waals surface area contributed by atoms with E-state index in [9.17, 15) is 9.36 Å². The monoisotopic (exact) mass is 447 g/mol. The van der Waals surface area contributed by atoms with Crippen LogP contribution in [0, 0.1) is 11.8 Å². The van der Waals surface area contributed by atoms with Gasteiger partial charge in [-0.15, -0.1) is 0 Å². The highest BCUT2D eigenvalue weighted by Gasteiger charge is 2.34. The zero-order valence-electron chi connectivity index (χ0n) is 21.1. The molecule has 1 amide bonds. The quantitative estimate of drug-likeness (QED) is 0.207. The Kier molecular flexibility index (Phi) is 16.1. The van der Waals surface area contributed by atoms with E-state index in [0.29, 0.717) is 25.0 Å². The number of carbonyl (C=O) groups is 1. The van der Waals surface area contributed by atoms with Crippen LogP contribution in [0.25, 0.3) is 0 Å². The Hall–Kier alpha value is -0.380. The summed E-state index contributed by atoms with van der Waals surface area (Å²) in [6.07, 6.45) is 8.44. The fourth-order valence-corrected chi connectivity index (χ4v) is 5.41. The Labute approximate surface area is 187 Å². The fourth-order valence-electron chi connectivity index (χ4n) is 3.78. The van der Waals surface area contributed by atoms with Crippen molar-refractivity contribution in [2.75, 3.05) is 19.4 Å². The van der Waals surface area contributed by atoms with Gasteiger partial charge in [-0.05, 0) is 52.4 Å². The topological polar surface area (TPSA) is 55.8 Å². The minimum atomic E-state index is -3.50. The summed E-state index contributed by atoms with van der Waals surface area (Å²) in [6.45, 7) is 17.4. The number of nitrogens with zero attached hydrogens (tertiary/aromatic N) is 1. The first-order valence-electron chi connectivity index (χ1n) is 12.3. The third-order valence-electron chi connectivity index (χ3n) is 5.83. The zero-order valence-corrected chi connectivity index (χ0v) is 22.0. The van der Waals surface area contributed by atoms with Crippen molar-refractivity contribution in [3.8, 4) is 0 Å². The second kappa shape index (κ2) is 16.3. The van der Waals surface area contributed by atoms with Crippen molar-refractivity contribution < 1.29 is 18.4 Å². The summed E-state index contributed by atoms with van der Waals surface area (Å²) in [5, 5.41) is 0. The predicted octanol–water partition coefficient (Wildman–Crippen LogP) is 7.29. The molecular weight excluding hydrogens is 397 g/mol. The Bertz CT molecular complexity index is 464. The summed E-state index contributed by atoms with van der Waals surface area (Å²) in [5.74, 6) is 0.558. The first-order valence-corrected chi connectivity index (χ1v) is 14.1. The Morgan fingerprint density at radius 1 is 0.800 bits per heavy atom. The average Bonchev–Trinajstić information content (AvgIpc) is 2.67. The average molecular weight is 448 g/mol. The van der Waals surface area contributed by atoms with Crippen molar-refractivity contribution in [1.82, 2.24) is 4.90 Å². The van der Waals surface area contributed by atoms with E-state index < -0.39 is 7.60 Å². The van der Waals surface area contributed by atoms with Crippen LogP contribution in [0.3, 0.4) is 0 Å². The van der Waals surface area contributed by atoms with E-state index in [-0.39, 0.29) is 24.2 Å². The molecule has 6 heteroatoms. The number of hydrogen-bond donors (Lipinski definition) is 0. The van der Waals surface area contributed by atoms with Crippen molar-refractivity contribution in [1.29, 1.82) is 0 Å². The van der Waals surface area contributed by atoms with E-state index in [2.05, 4.69) is 27.7 Å². The maximum atomic E-state index is 13.7. The molecule has 0 saturated carbocycles. The van der Waals surface area contributed by atoms with Crippen molar-refractivity contribution >= 4 is 13.5 Å². The predicted molar refractivity (Wildman–Crippen MR) is 128 cm³/mol. The third-order valence-corrected chi connectivity index (χ3v) is 7.57. The summed E-state index contributed by atoms with van der Waals surface area (Å²) >= 11 is 0. The molecule has 0 N–H and O–H groups in total. The van der Waals surface area contributed by atoms with Gasteiger partial charge in [0.15, 0.2) is 0 Å². The van der Waals surface area contributed by atoms with Crippen LogP contribution in [0.5, 0.6) is 0 Å². The molecular formula is C24H50NO4P. The lowest BCUT2D eigenvalue weighted by Gasteiger charge is -2.32.